The van der Waals surface area contributed by atoms with Crippen molar-refractivity contribution in [3.8, 4) is 21.7 Å². The van der Waals surface area contributed by atoms with Gasteiger partial charge in [-0.3, -0.25) is 10.1 Å². The van der Waals surface area contributed by atoms with Crippen molar-refractivity contribution in [2.24, 2.45) is 0 Å². The summed E-state index contributed by atoms with van der Waals surface area (Å²) in [5.41, 5.74) is 1.27. The molecule has 0 saturated carbocycles. The second-order valence-electron chi connectivity index (χ2n) is 7.27. The number of aromatic carboxylic acids is 1. The summed E-state index contributed by atoms with van der Waals surface area (Å²) in [7, 11) is 0. The molecule has 0 fully saturated rings. The number of carboxylic acids is 1. The first-order valence-corrected chi connectivity index (χ1v) is 11.3. The van der Waals surface area contributed by atoms with E-state index in [4.69, 9.17) is 0 Å². The zero-order valence-electron chi connectivity index (χ0n) is 18.3. The van der Waals surface area contributed by atoms with Gasteiger partial charge in [0.25, 0.3) is 0 Å². The van der Waals surface area contributed by atoms with E-state index < -0.39 is 23.4 Å². The number of hydrogen-bond donors (Lipinski definition) is 3. The van der Waals surface area contributed by atoms with Crippen LogP contribution < -0.4 is 16.1 Å². The molecule has 0 aliphatic rings. The summed E-state index contributed by atoms with van der Waals surface area (Å²) in [6.45, 7) is 4.53. The van der Waals surface area contributed by atoms with E-state index in [2.05, 4.69) is 20.6 Å². The molecular weight excluding hydrogens is 461 g/mol. The zero-order chi connectivity index (χ0) is 24.4. The number of carboxylic acid groups (broad SMARTS) is 1. The molecule has 3 N–H and O–H groups in total. The first-order chi connectivity index (χ1) is 16.3. The number of aryl methyl sites for hydroxylation is 1. The van der Waals surface area contributed by atoms with Crippen LogP contribution in [0.5, 0.6) is 0 Å². The minimum Gasteiger partial charge on any atom is -0.477 e. The van der Waals surface area contributed by atoms with Crippen molar-refractivity contribution in [2.45, 2.75) is 20.4 Å². The van der Waals surface area contributed by atoms with Gasteiger partial charge in [0.15, 0.2) is 0 Å². The van der Waals surface area contributed by atoms with Crippen molar-refractivity contribution in [3.05, 3.63) is 63.8 Å². The molecule has 3 aromatic heterocycles. The fourth-order valence-electron chi connectivity index (χ4n) is 3.61. The van der Waals surface area contributed by atoms with E-state index in [1.165, 1.54) is 17.8 Å². The molecule has 0 radical (unpaired) electrons. The summed E-state index contributed by atoms with van der Waals surface area (Å²) >= 11 is 1.08. The Hall–Kier alpha value is -4.12. The molecule has 0 unspecified atom stereocenters. The van der Waals surface area contributed by atoms with Gasteiger partial charge < -0.3 is 15.0 Å². The first-order valence-electron chi connectivity index (χ1n) is 10.4. The molecule has 2 amide bonds. The van der Waals surface area contributed by atoms with E-state index in [-0.39, 0.29) is 16.8 Å². The fraction of sp³-hybridized carbons (Fsp3) is 0.174. The van der Waals surface area contributed by atoms with Gasteiger partial charge in [-0.2, -0.15) is 4.39 Å². The van der Waals surface area contributed by atoms with E-state index >= 15 is 0 Å². The maximum Gasteiger partial charge on any atom is 0.341 e. The summed E-state index contributed by atoms with van der Waals surface area (Å²) in [6, 6.07) is 6.23. The van der Waals surface area contributed by atoms with E-state index in [9.17, 15) is 23.9 Å². The molecule has 34 heavy (non-hydrogen) atoms. The molecule has 0 bridgehead atoms. The van der Waals surface area contributed by atoms with Gasteiger partial charge in [0.1, 0.15) is 16.4 Å². The maximum absolute atomic E-state index is 13.7. The summed E-state index contributed by atoms with van der Waals surface area (Å²) in [5.74, 6) is -1.71. The smallest absolute Gasteiger partial charge is 0.341 e. The van der Waals surface area contributed by atoms with Crippen LogP contribution in [-0.4, -0.2) is 38.2 Å². The van der Waals surface area contributed by atoms with Crippen molar-refractivity contribution in [3.63, 3.8) is 0 Å². The summed E-state index contributed by atoms with van der Waals surface area (Å²) in [5, 5.41) is 16.5. The Kier molecular flexibility index (Phi) is 6.37. The number of benzene rings is 1. The summed E-state index contributed by atoms with van der Waals surface area (Å²) in [6.07, 6.45) is 2.83. The second-order valence-corrected chi connectivity index (χ2v) is 8.13. The SMILES string of the molecule is CCNC(=O)Nc1cc(-c2nc(F)cs2)c(-c2ccc3c(c2)c(=O)c(C(=O)O)cn3CC)cn1. The summed E-state index contributed by atoms with van der Waals surface area (Å²) in [4.78, 5) is 44.6. The molecule has 4 aromatic rings. The van der Waals surface area contributed by atoms with Crippen LogP contribution in [0.4, 0.5) is 15.0 Å². The maximum atomic E-state index is 13.7. The number of thiazole rings is 1. The Balaban J connectivity index is 1.91. The highest BCUT2D eigenvalue weighted by Crippen LogP contribution is 2.35. The summed E-state index contributed by atoms with van der Waals surface area (Å²) < 4.78 is 15.4. The molecule has 11 heteroatoms. The van der Waals surface area contributed by atoms with Gasteiger partial charge in [0.2, 0.25) is 11.4 Å². The van der Waals surface area contributed by atoms with Gasteiger partial charge in [0.05, 0.1) is 5.52 Å². The van der Waals surface area contributed by atoms with Crippen molar-refractivity contribution in [1.29, 1.82) is 0 Å². The van der Waals surface area contributed by atoms with Crippen molar-refractivity contribution in [2.75, 3.05) is 11.9 Å². The number of fused-ring (bicyclic) bond motifs is 1. The minimum absolute atomic E-state index is 0.236. The van der Waals surface area contributed by atoms with Crippen molar-refractivity contribution < 1.29 is 19.1 Å². The molecule has 0 spiro atoms. The number of amides is 2. The predicted molar refractivity (Wildman–Crippen MR) is 128 cm³/mol. The van der Waals surface area contributed by atoms with Gasteiger partial charge >= 0.3 is 12.0 Å². The van der Waals surface area contributed by atoms with Crippen LogP contribution in [0.3, 0.4) is 0 Å². The lowest BCUT2D eigenvalue weighted by Gasteiger charge is -2.14. The van der Waals surface area contributed by atoms with Gasteiger partial charge in [-0.25, -0.2) is 19.6 Å². The highest BCUT2D eigenvalue weighted by Gasteiger charge is 2.18. The van der Waals surface area contributed by atoms with Crippen LogP contribution in [0.1, 0.15) is 24.2 Å². The number of hydrogen-bond acceptors (Lipinski definition) is 6. The van der Waals surface area contributed by atoms with Gasteiger partial charge in [-0.15, -0.1) is 11.3 Å². The minimum atomic E-state index is -1.30. The van der Waals surface area contributed by atoms with Crippen LogP contribution in [0.25, 0.3) is 32.6 Å². The average molecular weight is 482 g/mol. The largest absolute Gasteiger partial charge is 0.477 e. The number of carbonyl (C=O) groups is 2. The van der Waals surface area contributed by atoms with E-state index in [1.807, 2.05) is 6.92 Å². The van der Waals surface area contributed by atoms with Crippen molar-refractivity contribution in [1.82, 2.24) is 19.9 Å². The lowest BCUT2D eigenvalue weighted by atomic mass is 9.99. The van der Waals surface area contributed by atoms with E-state index in [1.54, 1.807) is 35.8 Å². The monoisotopic (exact) mass is 481 g/mol. The van der Waals surface area contributed by atoms with Gasteiger partial charge in [-0.05, 0) is 37.6 Å². The Morgan fingerprint density at radius 3 is 2.65 bits per heavy atom. The molecule has 0 atom stereocenters. The number of rotatable bonds is 6. The van der Waals surface area contributed by atoms with E-state index in [0.29, 0.717) is 40.3 Å². The van der Waals surface area contributed by atoms with E-state index in [0.717, 1.165) is 11.3 Å². The Labute approximate surface area is 196 Å². The van der Waals surface area contributed by atoms with Crippen LogP contribution in [0.15, 0.2) is 46.8 Å². The van der Waals surface area contributed by atoms with Crippen LogP contribution in [-0.2, 0) is 6.54 Å². The highest BCUT2D eigenvalue weighted by molar-refractivity contribution is 7.13. The Morgan fingerprint density at radius 1 is 1.21 bits per heavy atom. The van der Waals surface area contributed by atoms with Crippen molar-refractivity contribution >= 4 is 40.1 Å². The molecule has 0 aliphatic heterocycles. The fourth-order valence-corrected chi connectivity index (χ4v) is 4.31. The Bertz CT molecular complexity index is 1480. The molecule has 4 rings (SSSR count). The number of carbonyl (C=O) groups excluding carboxylic acids is 1. The van der Waals surface area contributed by atoms with Crippen LogP contribution in [0, 0.1) is 5.95 Å². The number of pyridine rings is 2. The Morgan fingerprint density at radius 2 is 2.00 bits per heavy atom. The molecule has 1 aromatic carbocycles. The molecule has 3 heterocycles. The third-order valence-corrected chi connectivity index (χ3v) is 6.00. The number of urea groups is 1. The topological polar surface area (TPSA) is 126 Å². The van der Waals surface area contributed by atoms with Gasteiger partial charge in [-0.1, -0.05) is 6.07 Å². The number of anilines is 1. The van der Waals surface area contributed by atoms with Gasteiger partial charge in [0, 0.05) is 47.4 Å². The molecule has 9 nitrogen and oxygen atoms in total. The molecule has 0 aliphatic carbocycles. The number of halogens is 1. The molecule has 0 saturated heterocycles. The number of nitrogens with zero attached hydrogens (tertiary/aromatic N) is 3. The molecular formula is C23H20FN5O4S. The highest BCUT2D eigenvalue weighted by atomic mass is 32.1. The lowest BCUT2D eigenvalue weighted by Crippen LogP contribution is -2.28. The van der Waals surface area contributed by atoms with Crippen LogP contribution >= 0.6 is 11.3 Å². The number of aromatic nitrogens is 3. The third kappa shape index (κ3) is 4.37. The lowest BCUT2D eigenvalue weighted by molar-refractivity contribution is 0.0694. The predicted octanol–water partition coefficient (Wildman–Crippen LogP) is 4.19. The average Bonchev–Trinajstić information content (AvgIpc) is 3.25. The quantitative estimate of drug-likeness (QED) is 0.379. The molecule has 174 valence electrons. The zero-order valence-corrected chi connectivity index (χ0v) is 19.1. The number of nitrogens with one attached hydrogen (secondary N) is 2. The normalized spacial score (nSPS) is 10.9. The third-order valence-electron chi connectivity index (χ3n) is 5.15. The second kappa shape index (κ2) is 9.40. The van der Waals surface area contributed by atoms with Crippen LogP contribution in [0.2, 0.25) is 0 Å². The standard InChI is InChI=1S/C23H20FN5O4S/c1-3-25-23(33)28-19-8-13(21-27-18(24)11-34-21)15(9-26-19)12-5-6-17-14(7-12)20(30)16(22(31)32)10-29(17)4-2/h5-11H,3-4H2,1-2H3,(H,31,32)(H2,25,26,28,33). The first kappa shape index (κ1) is 23.1.